The summed E-state index contributed by atoms with van der Waals surface area (Å²) in [6, 6.07) is 3.84. The molecule has 0 atom stereocenters. The summed E-state index contributed by atoms with van der Waals surface area (Å²) >= 11 is 1.14. The smallest absolute Gasteiger partial charge is 0.339 e. The molecule has 130 valence electrons. The molecule has 0 saturated heterocycles. The fraction of sp³-hybridized carbons (Fsp3) is 0.133. The van der Waals surface area contributed by atoms with Crippen molar-refractivity contribution in [1.29, 1.82) is 0 Å². The van der Waals surface area contributed by atoms with Crippen LogP contribution < -0.4 is 10.6 Å². The molecule has 0 spiro atoms. The van der Waals surface area contributed by atoms with Gasteiger partial charge in [-0.25, -0.2) is 14.6 Å². The van der Waals surface area contributed by atoms with E-state index >= 15 is 0 Å². The predicted molar refractivity (Wildman–Crippen MR) is 88.5 cm³/mol. The van der Waals surface area contributed by atoms with Gasteiger partial charge in [-0.05, 0) is 18.2 Å². The third-order valence-electron chi connectivity index (χ3n) is 2.95. The van der Waals surface area contributed by atoms with Crippen molar-refractivity contribution < 1.29 is 28.7 Å². The number of nitrogens with one attached hydrogen (secondary N) is 2. The van der Waals surface area contributed by atoms with E-state index in [9.17, 15) is 19.2 Å². The van der Waals surface area contributed by atoms with E-state index in [1.807, 2.05) is 0 Å². The Kier molecular flexibility index (Phi) is 5.79. The molecular weight excluding hydrogens is 350 g/mol. The van der Waals surface area contributed by atoms with E-state index in [1.54, 1.807) is 5.38 Å². The molecule has 1 aromatic carbocycles. The first-order valence-corrected chi connectivity index (χ1v) is 7.66. The Morgan fingerprint density at radius 3 is 2.28 bits per heavy atom. The number of ether oxygens (including phenoxy) is 2. The van der Waals surface area contributed by atoms with Crippen molar-refractivity contribution in [3.8, 4) is 0 Å². The molecular formula is C15H13N3O6S. The van der Waals surface area contributed by atoms with Gasteiger partial charge in [-0.3, -0.25) is 14.9 Å². The van der Waals surface area contributed by atoms with E-state index in [-0.39, 0.29) is 21.9 Å². The van der Waals surface area contributed by atoms with Gasteiger partial charge in [-0.15, -0.1) is 11.3 Å². The van der Waals surface area contributed by atoms with E-state index < -0.39 is 23.8 Å². The average molecular weight is 363 g/mol. The number of hydrogen-bond donors (Lipinski definition) is 2. The Labute approximate surface area is 146 Å². The van der Waals surface area contributed by atoms with Crippen LogP contribution in [0.1, 0.15) is 20.7 Å². The van der Waals surface area contributed by atoms with Gasteiger partial charge in [0.05, 0.1) is 31.0 Å². The second-order valence-corrected chi connectivity index (χ2v) is 5.38. The molecule has 0 aliphatic heterocycles. The number of nitrogens with zero attached hydrogens (tertiary/aromatic N) is 1. The lowest BCUT2D eigenvalue weighted by Gasteiger charge is -2.11. The van der Waals surface area contributed by atoms with Crippen molar-refractivity contribution in [2.24, 2.45) is 0 Å². The summed E-state index contributed by atoms with van der Waals surface area (Å²) in [6.07, 6.45) is 1.47. The van der Waals surface area contributed by atoms with Crippen molar-refractivity contribution in [2.75, 3.05) is 24.9 Å². The van der Waals surface area contributed by atoms with Gasteiger partial charge in [-0.1, -0.05) is 0 Å². The van der Waals surface area contributed by atoms with Crippen LogP contribution in [0, 0.1) is 0 Å². The average Bonchev–Trinajstić information content (AvgIpc) is 3.13. The number of carbonyl (C=O) groups excluding carboxylic acids is 4. The van der Waals surface area contributed by atoms with Gasteiger partial charge >= 0.3 is 23.8 Å². The lowest BCUT2D eigenvalue weighted by Crippen LogP contribution is -2.29. The Hall–Kier alpha value is -3.27. The van der Waals surface area contributed by atoms with E-state index in [4.69, 9.17) is 0 Å². The minimum absolute atomic E-state index is 0.0226. The number of amides is 2. The summed E-state index contributed by atoms with van der Waals surface area (Å²) in [5.74, 6) is -3.43. The van der Waals surface area contributed by atoms with Crippen LogP contribution in [0.3, 0.4) is 0 Å². The quantitative estimate of drug-likeness (QED) is 0.620. The zero-order chi connectivity index (χ0) is 18.4. The zero-order valence-corrected chi connectivity index (χ0v) is 14.0. The van der Waals surface area contributed by atoms with E-state index in [0.29, 0.717) is 0 Å². The van der Waals surface area contributed by atoms with Gasteiger partial charge < -0.3 is 14.8 Å². The molecule has 2 aromatic rings. The van der Waals surface area contributed by atoms with Crippen LogP contribution in [-0.2, 0) is 19.1 Å². The first-order valence-electron chi connectivity index (χ1n) is 6.78. The molecule has 0 aliphatic carbocycles. The van der Waals surface area contributed by atoms with Crippen molar-refractivity contribution in [2.45, 2.75) is 0 Å². The number of aromatic nitrogens is 1. The van der Waals surface area contributed by atoms with E-state index in [2.05, 4.69) is 25.1 Å². The molecule has 0 saturated carbocycles. The zero-order valence-electron chi connectivity index (χ0n) is 13.2. The van der Waals surface area contributed by atoms with Crippen LogP contribution in [0.15, 0.2) is 29.8 Å². The minimum Gasteiger partial charge on any atom is -0.465 e. The summed E-state index contributed by atoms with van der Waals surface area (Å²) in [5.41, 5.74) is 0.00498. The molecule has 10 heteroatoms. The number of benzene rings is 1. The molecule has 0 aliphatic rings. The van der Waals surface area contributed by atoms with Gasteiger partial charge in [0.15, 0.2) is 5.13 Å². The van der Waals surface area contributed by atoms with E-state index in [1.165, 1.54) is 31.5 Å². The molecule has 2 N–H and O–H groups in total. The van der Waals surface area contributed by atoms with Crippen LogP contribution in [0.4, 0.5) is 10.8 Å². The van der Waals surface area contributed by atoms with Crippen LogP contribution in [0.5, 0.6) is 0 Å². The summed E-state index contributed by atoms with van der Waals surface area (Å²) in [5, 5.41) is 6.45. The Bertz CT molecular complexity index is 819. The Morgan fingerprint density at radius 2 is 1.68 bits per heavy atom. The van der Waals surface area contributed by atoms with E-state index in [0.717, 1.165) is 18.4 Å². The van der Waals surface area contributed by atoms with Crippen LogP contribution in [0.25, 0.3) is 0 Å². The van der Waals surface area contributed by atoms with Crippen LogP contribution in [0.2, 0.25) is 0 Å². The predicted octanol–water partition coefficient (Wildman–Crippen LogP) is 1.29. The third kappa shape index (κ3) is 4.38. The number of carbonyl (C=O) groups is 4. The summed E-state index contributed by atoms with van der Waals surface area (Å²) in [6.45, 7) is 0. The molecule has 25 heavy (non-hydrogen) atoms. The number of hydrogen-bond acceptors (Lipinski definition) is 8. The molecule has 2 amide bonds. The highest BCUT2D eigenvalue weighted by Gasteiger charge is 2.21. The summed E-state index contributed by atoms with van der Waals surface area (Å²) in [4.78, 5) is 51.1. The molecule has 1 aromatic heterocycles. The normalized spacial score (nSPS) is 9.84. The second-order valence-electron chi connectivity index (χ2n) is 4.49. The maximum atomic E-state index is 12.0. The maximum Gasteiger partial charge on any atom is 0.339 e. The number of methoxy groups -OCH3 is 2. The fourth-order valence-corrected chi connectivity index (χ4v) is 2.32. The van der Waals surface area contributed by atoms with Gasteiger partial charge in [0.25, 0.3) is 0 Å². The van der Waals surface area contributed by atoms with Crippen molar-refractivity contribution in [3.05, 3.63) is 40.9 Å². The monoisotopic (exact) mass is 363 g/mol. The lowest BCUT2D eigenvalue weighted by molar-refractivity contribution is -0.133. The second kappa shape index (κ2) is 8.02. The lowest BCUT2D eigenvalue weighted by atomic mass is 10.1. The van der Waals surface area contributed by atoms with Gasteiger partial charge in [0, 0.05) is 11.6 Å². The summed E-state index contributed by atoms with van der Waals surface area (Å²) < 4.78 is 9.20. The third-order valence-corrected chi connectivity index (χ3v) is 3.64. The standard InChI is InChI=1S/C15H13N3O6S/c1-23-13(21)8-3-4-9(14(22)24-2)10(7-8)17-11(19)12(20)18-15-16-5-6-25-15/h3-7H,1-2H3,(H,17,19)(H,16,18,20). The van der Waals surface area contributed by atoms with Gasteiger partial charge in [-0.2, -0.15) is 0 Å². The molecule has 1 heterocycles. The highest BCUT2D eigenvalue weighted by molar-refractivity contribution is 7.13. The van der Waals surface area contributed by atoms with Crippen LogP contribution in [-0.4, -0.2) is 43.0 Å². The molecule has 0 fully saturated rings. The molecule has 0 radical (unpaired) electrons. The molecule has 2 rings (SSSR count). The molecule has 9 nitrogen and oxygen atoms in total. The van der Waals surface area contributed by atoms with Crippen LogP contribution >= 0.6 is 11.3 Å². The van der Waals surface area contributed by atoms with Gasteiger partial charge in [0.2, 0.25) is 0 Å². The van der Waals surface area contributed by atoms with Crippen molar-refractivity contribution in [3.63, 3.8) is 0 Å². The largest absolute Gasteiger partial charge is 0.465 e. The highest BCUT2D eigenvalue weighted by Crippen LogP contribution is 2.20. The number of anilines is 2. The highest BCUT2D eigenvalue weighted by atomic mass is 32.1. The van der Waals surface area contributed by atoms with Gasteiger partial charge in [0.1, 0.15) is 0 Å². The first kappa shape index (κ1) is 18.1. The Balaban J connectivity index is 2.25. The topological polar surface area (TPSA) is 124 Å². The maximum absolute atomic E-state index is 12.0. The fourth-order valence-electron chi connectivity index (χ4n) is 1.80. The number of rotatable bonds is 4. The number of esters is 2. The van der Waals surface area contributed by atoms with Crippen molar-refractivity contribution >= 4 is 45.9 Å². The molecule has 0 unspecified atom stereocenters. The first-order chi connectivity index (χ1) is 12.0. The SMILES string of the molecule is COC(=O)c1ccc(C(=O)OC)c(NC(=O)C(=O)Nc2nccs2)c1. The number of thiazole rings is 1. The summed E-state index contributed by atoms with van der Waals surface area (Å²) in [7, 11) is 2.35. The Morgan fingerprint density at radius 1 is 1.00 bits per heavy atom. The minimum atomic E-state index is -1.04. The molecule has 0 bridgehead atoms. The van der Waals surface area contributed by atoms with Crippen molar-refractivity contribution in [1.82, 2.24) is 4.98 Å².